The largest absolute Gasteiger partial charge is 0.326 e. The van der Waals surface area contributed by atoms with E-state index in [0.29, 0.717) is 22.3 Å². The van der Waals surface area contributed by atoms with E-state index in [4.69, 9.17) is 28.3 Å². The summed E-state index contributed by atoms with van der Waals surface area (Å²) in [5, 5.41) is 9.43. The van der Waals surface area contributed by atoms with E-state index in [2.05, 4.69) is 10.3 Å². The van der Waals surface area contributed by atoms with E-state index in [0.717, 1.165) is 22.4 Å². The fourth-order valence-electron chi connectivity index (χ4n) is 4.15. The van der Waals surface area contributed by atoms with Gasteiger partial charge in [0.05, 0.1) is 16.8 Å². The lowest BCUT2D eigenvalue weighted by atomic mass is 9.98. The Labute approximate surface area is 227 Å². The summed E-state index contributed by atoms with van der Waals surface area (Å²) in [7, 11) is 0. The molecule has 37 heavy (non-hydrogen) atoms. The molecular weight excluding hydrogens is 534 g/mol. The maximum absolute atomic E-state index is 13.4. The zero-order chi connectivity index (χ0) is 26.1. The van der Waals surface area contributed by atoms with Crippen molar-refractivity contribution in [2.75, 3.05) is 5.32 Å². The molecule has 2 amide bonds. The first-order valence-electron chi connectivity index (χ1n) is 11.5. The van der Waals surface area contributed by atoms with Gasteiger partial charge in [0.1, 0.15) is 11.1 Å². The number of aryl methyl sites for hydroxylation is 1. The fourth-order valence-corrected chi connectivity index (χ4v) is 5.66. The van der Waals surface area contributed by atoms with Gasteiger partial charge >= 0.3 is 0 Å². The first kappa shape index (κ1) is 25.4. The Morgan fingerprint density at radius 1 is 1.11 bits per heavy atom. The highest BCUT2D eigenvalue weighted by molar-refractivity contribution is 8.15. The van der Waals surface area contributed by atoms with Gasteiger partial charge in [-0.05, 0) is 42.3 Å². The summed E-state index contributed by atoms with van der Waals surface area (Å²) in [4.78, 5) is 29.6. The number of aliphatic imine (C=N–C) groups is 1. The summed E-state index contributed by atoms with van der Waals surface area (Å²) >= 11 is 13.5. The average molecular weight is 555 g/mol. The molecule has 5 rings (SSSR count). The van der Waals surface area contributed by atoms with Crippen molar-refractivity contribution >= 4 is 63.3 Å². The number of amidine groups is 1. The number of hydrogen-bond donors (Lipinski definition) is 1. The van der Waals surface area contributed by atoms with Gasteiger partial charge in [-0.15, -0.1) is 0 Å². The van der Waals surface area contributed by atoms with Gasteiger partial charge in [0.25, 0.3) is 5.91 Å². The Hall–Kier alpha value is -3.20. The van der Waals surface area contributed by atoms with Gasteiger partial charge in [-0.25, -0.2) is 9.40 Å². The van der Waals surface area contributed by atoms with Crippen LogP contribution in [-0.2, 0) is 9.59 Å². The predicted octanol–water partition coefficient (Wildman–Crippen LogP) is 6.62. The van der Waals surface area contributed by atoms with Crippen LogP contribution in [-0.4, -0.2) is 33.0 Å². The lowest BCUT2D eigenvalue weighted by Crippen LogP contribution is -2.25. The van der Waals surface area contributed by atoms with Crippen molar-refractivity contribution in [2.24, 2.45) is 10.1 Å². The molecule has 188 valence electrons. The highest BCUT2D eigenvalue weighted by atomic mass is 35.5. The Bertz CT molecular complexity index is 1440. The molecule has 6 nitrogen and oxygen atoms in total. The number of halogens is 3. The molecule has 0 aliphatic carbocycles. The van der Waals surface area contributed by atoms with Crippen LogP contribution in [0.3, 0.4) is 0 Å². The van der Waals surface area contributed by atoms with Gasteiger partial charge in [0, 0.05) is 23.6 Å². The molecule has 0 spiro atoms. The van der Waals surface area contributed by atoms with Crippen LogP contribution in [0.25, 0.3) is 0 Å². The van der Waals surface area contributed by atoms with Gasteiger partial charge in [-0.3, -0.25) is 9.59 Å². The number of nitrogens with one attached hydrogen (secondary N) is 1. The van der Waals surface area contributed by atoms with E-state index in [1.54, 1.807) is 5.01 Å². The molecule has 2 heterocycles. The van der Waals surface area contributed by atoms with Crippen LogP contribution in [0, 0.1) is 12.7 Å². The maximum Gasteiger partial charge on any atom is 0.262 e. The second kappa shape index (κ2) is 10.7. The van der Waals surface area contributed by atoms with E-state index in [9.17, 15) is 14.0 Å². The van der Waals surface area contributed by atoms with Crippen LogP contribution in [0.5, 0.6) is 0 Å². The number of rotatable bonds is 5. The highest BCUT2D eigenvalue weighted by Gasteiger charge is 2.39. The third-order valence-corrected chi connectivity index (χ3v) is 7.83. The molecule has 0 bridgehead atoms. The second-order valence-electron chi connectivity index (χ2n) is 8.72. The van der Waals surface area contributed by atoms with Gasteiger partial charge in [-0.1, -0.05) is 83.0 Å². The molecule has 2 atom stereocenters. The monoisotopic (exact) mass is 554 g/mol. The molecule has 0 aromatic heterocycles. The Balaban J connectivity index is 1.35. The average Bonchev–Trinajstić information content (AvgIpc) is 3.46. The van der Waals surface area contributed by atoms with Crippen LogP contribution < -0.4 is 5.32 Å². The summed E-state index contributed by atoms with van der Waals surface area (Å²) in [5.41, 5.74) is 4.20. The third kappa shape index (κ3) is 5.56. The van der Waals surface area contributed by atoms with E-state index in [1.807, 2.05) is 55.5 Å². The number of hydrogen-bond acceptors (Lipinski definition) is 5. The first-order chi connectivity index (χ1) is 17.8. The van der Waals surface area contributed by atoms with Crippen molar-refractivity contribution in [1.29, 1.82) is 0 Å². The Morgan fingerprint density at radius 2 is 1.86 bits per heavy atom. The molecule has 0 radical (unpaired) electrons. The number of thioether (sulfide) groups is 1. The SMILES string of the molecule is Cc1ccc(C2=NN(C3=NC(=O)[C@@H](CC(=O)Nc4ccc(F)c(Cl)c4)S3)[C@@H](c3ccccc3Cl)C2)cc1. The predicted molar refractivity (Wildman–Crippen MR) is 147 cm³/mol. The smallest absolute Gasteiger partial charge is 0.262 e. The van der Waals surface area contributed by atoms with Crippen LogP contribution in [0.4, 0.5) is 10.1 Å². The van der Waals surface area contributed by atoms with Crippen molar-refractivity contribution < 1.29 is 14.0 Å². The maximum atomic E-state index is 13.4. The van der Waals surface area contributed by atoms with Crippen molar-refractivity contribution in [2.45, 2.75) is 31.1 Å². The molecular formula is C27H21Cl2FN4O2S. The van der Waals surface area contributed by atoms with Crippen molar-refractivity contribution in [3.05, 3.63) is 99.3 Å². The van der Waals surface area contributed by atoms with Crippen molar-refractivity contribution in [1.82, 2.24) is 5.01 Å². The van der Waals surface area contributed by atoms with E-state index < -0.39 is 22.9 Å². The summed E-state index contributed by atoms with van der Waals surface area (Å²) in [6.45, 7) is 2.02. The fraction of sp³-hybridized carbons (Fsp3) is 0.185. The molecule has 0 saturated carbocycles. The summed E-state index contributed by atoms with van der Waals surface area (Å²) in [6.07, 6.45) is 0.474. The van der Waals surface area contributed by atoms with Crippen molar-refractivity contribution in [3.8, 4) is 0 Å². The van der Waals surface area contributed by atoms with Crippen LogP contribution in [0.15, 0.2) is 76.8 Å². The summed E-state index contributed by atoms with van der Waals surface area (Å²) in [5.74, 6) is -1.40. The van der Waals surface area contributed by atoms with Crippen LogP contribution in [0.2, 0.25) is 10.0 Å². The van der Waals surface area contributed by atoms with Gasteiger partial charge in [0.2, 0.25) is 5.91 Å². The molecule has 0 fully saturated rings. The minimum atomic E-state index is -0.712. The minimum absolute atomic E-state index is 0.100. The molecule has 1 N–H and O–H groups in total. The van der Waals surface area contributed by atoms with E-state index in [1.165, 1.54) is 30.0 Å². The topological polar surface area (TPSA) is 74.1 Å². The molecule has 2 aliphatic rings. The van der Waals surface area contributed by atoms with Gasteiger partial charge in [-0.2, -0.15) is 10.1 Å². The van der Waals surface area contributed by atoms with Crippen LogP contribution >= 0.6 is 35.0 Å². The molecule has 0 unspecified atom stereocenters. The van der Waals surface area contributed by atoms with Crippen molar-refractivity contribution in [3.63, 3.8) is 0 Å². The zero-order valence-electron chi connectivity index (χ0n) is 19.6. The number of nitrogens with zero attached hydrogens (tertiary/aromatic N) is 3. The highest BCUT2D eigenvalue weighted by Crippen LogP contribution is 2.40. The molecule has 3 aromatic rings. The molecule has 0 saturated heterocycles. The van der Waals surface area contributed by atoms with Crippen LogP contribution in [0.1, 0.15) is 35.6 Å². The summed E-state index contributed by atoms with van der Waals surface area (Å²) < 4.78 is 13.4. The summed E-state index contributed by atoms with van der Waals surface area (Å²) in [6, 6.07) is 19.3. The first-order valence-corrected chi connectivity index (χ1v) is 13.1. The third-order valence-electron chi connectivity index (χ3n) is 6.06. The number of amides is 2. The number of benzene rings is 3. The van der Waals surface area contributed by atoms with E-state index in [-0.39, 0.29) is 17.5 Å². The second-order valence-corrected chi connectivity index (χ2v) is 10.7. The number of hydrazone groups is 1. The van der Waals surface area contributed by atoms with E-state index >= 15 is 0 Å². The standard InChI is InChI=1S/C27H21Cl2FN4O2S/c1-15-6-8-16(9-7-15)22-13-23(18-4-2-3-5-19(18)28)34(33-22)27-32-26(36)24(37-27)14-25(35)31-17-10-11-21(30)20(29)12-17/h2-12,23-24H,13-14H2,1H3,(H,31,35)/t23-,24-/m1/s1. The normalized spacial score (nSPS) is 19.1. The molecule has 10 heteroatoms. The lowest BCUT2D eigenvalue weighted by Gasteiger charge is -2.23. The number of anilines is 1. The quantitative estimate of drug-likeness (QED) is 0.384. The minimum Gasteiger partial charge on any atom is -0.326 e. The molecule has 3 aromatic carbocycles. The van der Waals surface area contributed by atoms with Gasteiger partial charge in [0.15, 0.2) is 5.17 Å². The van der Waals surface area contributed by atoms with Gasteiger partial charge < -0.3 is 5.32 Å². The Kier molecular flexibility index (Phi) is 7.33. The zero-order valence-corrected chi connectivity index (χ0v) is 21.9. The lowest BCUT2D eigenvalue weighted by molar-refractivity contribution is -0.121. The Morgan fingerprint density at radius 3 is 2.59 bits per heavy atom. The molecule has 2 aliphatic heterocycles. The number of carbonyl (C=O) groups is 2. The number of carbonyl (C=O) groups excluding carboxylic acids is 2.